The smallest absolute Gasteiger partial charge is 0.260 e. The maximum atomic E-state index is 12.2. The maximum absolute atomic E-state index is 12.2. The molecule has 3 unspecified atom stereocenters. The minimum absolute atomic E-state index is 0. The van der Waals surface area contributed by atoms with E-state index in [0.29, 0.717) is 18.1 Å². The molecule has 0 saturated carbocycles. The van der Waals surface area contributed by atoms with Crippen LogP contribution in [0.25, 0.3) is 0 Å². The van der Waals surface area contributed by atoms with Gasteiger partial charge in [0.2, 0.25) is 0 Å². The zero-order valence-corrected chi connectivity index (χ0v) is 13.1. The van der Waals surface area contributed by atoms with Crippen molar-refractivity contribution in [3.63, 3.8) is 0 Å². The number of hydrogen-bond acceptors (Lipinski definition) is 3. The Morgan fingerprint density at radius 1 is 1.24 bits per heavy atom. The number of halogens is 1. The highest BCUT2D eigenvalue weighted by Gasteiger charge is 2.34. The van der Waals surface area contributed by atoms with E-state index in [4.69, 9.17) is 4.74 Å². The summed E-state index contributed by atoms with van der Waals surface area (Å²) in [5, 5.41) is 6.72. The molecule has 1 aromatic rings. The summed E-state index contributed by atoms with van der Waals surface area (Å²) in [6.07, 6.45) is 4.12. The van der Waals surface area contributed by atoms with Gasteiger partial charge in [-0.3, -0.25) is 4.79 Å². The molecule has 2 saturated heterocycles. The van der Waals surface area contributed by atoms with Crippen molar-refractivity contribution in [2.24, 2.45) is 0 Å². The van der Waals surface area contributed by atoms with E-state index in [2.05, 4.69) is 10.6 Å². The molecule has 2 heterocycles. The number of fused-ring (bicyclic) bond motifs is 2. The lowest BCUT2D eigenvalue weighted by Gasteiger charge is -2.30. The topological polar surface area (TPSA) is 50.4 Å². The van der Waals surface area contributed by atoms with Gasteiger partial charge < -0.3 is 15.4 Å². The van der Waals surface area contributed by atoms with Crippen LogP contribution in [0.3, 0.4) is 0 Å². The Kier molecular flexibility index (Phi) is 5.48. The van der Waals surface area contributed by atoms with Gasteiger partial charge in [-0.05, 0) is 44.7 Å². The van der Waals surface area contributed by atoms with Crippen LogP contribution in [0.4, 0.5) is 0 Å². The predicted octanol–water partition coefficient (Wildman–Crippen LogP) is 2.27. The molecule has 0 spiro atoms. The number of ether oxygens (including phenoxy) is 1. The first-order chi connectivity index (χ1) is 9.70. The minimum Gasteiger partial charge on any atom is -0.481 e. The average Bonchev–Trinajstić information content (AvgIpc) is 2.79. The highest BCUT2D eigenvalue weighted by molar-refractivity contribution is 5.85. The molecule has 2 aliphatic heterocycles. The quantitative estimate of drug-likeness (QED) is 0.897. The van der Waals surface area contributed by atoms with Crippen molar-refractivity contribution >= 4 is 18.3 Å². The number of rotatable bonds is 4. The number of amides is 1. The van der Waals surface area contributed by atoms with Crippen molar-refractivity contribution < 1.29 is 9.53 Å². The van der Waals surface area contributed by atoms with E-state index < -0.39 is 6.10 Å². The monoisotopic (exact) mass is 310 g/mol. The van der Waals surface area contributed by atoms with Crippen LogP contribution in [0.1, 0.15) is 32.6 Å². The largest absolute Gasteiger partial charge is 0.481 e. The maximum Gasteiger partial charge on any atom is 0.260 e. The van der Waals surface area contributed by atoms with Gasteiger partial charge in [-0.25, -0.2) is 0 Å². The van der Waals surface area contributed by atoms with Crippen LogP contribution in [0.15, 0.2) is 30.3 Å². The highest BCUT2D eigenvalue weighted by Crippen LogP contribution is 2.26. The van der Waals surface area contributed by atoms with Crippen LogP contribution in [0, 0.1) is 0 Å². The van der Waals surface area contributed by atoms with Crippen molar-refractivity contribution in [2.75, 3.05) is 0 Å². The average molecular weight is 311 g/mol. The summed E-state index contributed by atoms with van der Waals surface area (Å²) in [7, 11) is 0. The van der Waals surface area contributed by atoms with Crippen LogP contribution in [-0.4, -0.2) is 30.1 Å². The van der Waals surface area contributed by atoms with Crippen LogP contribution in [0.5, 0.6) is 5.75 Å². The summed E-state index contributed by atoms with van der Waals surface area (Å²) >= 11 is 0. The SMILES string of the molecule is CC(Oc1ccccc1)C(=O)NC1CC2CCC(C1)N2.Cl. The Bertz CT molecular complexity index is 457. The standard InChI is InChI=1S/C16H22N2O2.ClH/c1-11(20-15-5-3-2-4-6-15)16(19)18-14-9-12-7-8-13(10-14)17-12;/h2-6,11-14,17H,7-10H2,1H3,(H,18,19);1H. The van der Waals surface area contributed by atoms with Crippen LogP contribution >= 0.6 is 12.4 Å². The Morgan fingerprint density at radius 3 is 2.48 bits per heavy atom. The fourth-order valence-electron chi connectivity index (χ4n) is 3.25. The van der Waals surface area contributed by atoms with Crippen LogP contribution in [-0.2, 0) is 4.79 Å². The fraction of sp³-hybridized carbons (Fsp3) is 0.562. The Morgan fingerprint density at radius 2 is 1.86 bits per heavy atom. The molecular weight excluding hydrogens is 288 g/mol. The van der Waals surface area contributed by atoms with E-state index in [1.54, 1.807) is 6.92 Å². The van der Waals surface area contributed by atoms with Gasteiger partial charge in [-0.15, -0.1) is 12.4 Å². The van der Waals surface area contributed by atoms with E-state index in [1.165, 1.54) is 12.8 Å². The number of carbonyl (C=O) groups is 1. The second-order valence-electron chi connectivity index (χ2n) is 5.89. The van der Waals surface area contributed by atoms with Crippen molar-refractivity contribution in [3.8, 4) is 5.75 Å². The molecule has 0 aromatic heterocycles. The van der Waals surface area contributed by atoms with Gasteiger partial charge in [0.25, 0.3) is 5.91 Å². The molecule has 5 heteroatoms. The predicted molar refractivity (Wildman–Crippen MR) is 84.9 cm³/mol. The molecule has 1 amide bonds. The molecule has 2 aliphatic rings. The van der Waals surface area contributed by atoms with E-state index in [9.17, 15) is 4.79 Å². The second-order valence-corrected chi connectivity index (χ2v) is 5.89. The van der Waals surface area contributed by atoms with E-state index in [1.807, 2.05) is 30.3 Å². The fourth-order valence-corrected chi connectivity index (χ4v) is 3.25. The molecule has 1 aromatic carbocycles. The molecule has 4 nitrogen and oxygen atoms in total. The number of para-hydroxylation sites is 1. The zero-order chi connectivity index (χ0) is 13.9. The zero-order valence-electron chi connectivity index (χ0n) is 12.2. The Balaban J connectivity index is 0.00000161. The van der Waals surface area contributed by atoms with Crippen molar-refractivity contribution in [2.45, 2.75) is 56.8 Å². The molecule has 3 rings (SSSR count). The van der Waals surface area contributed by atoms with Gasteiger partial charge in [0.1, 0.15) is 5.75 Å². The van der Waals surface area contributed by atoms with Crippen molar-refractivity contribution in [1.29, 1.82) is 0 Å². The lowest BCUT2D eigenvalue weighted by molar-refractivity contribution is -0.128. The van der Waals surface area contributed by atoms with Crippen LogP contribution < -0.4 is 15.4 Å². The number of hydrogen-bond donors (Lipinski definition) is 2. The molecular formula is C16H23ClN2O2. The molecule has 2 fully saturated rings. The van der Waals surface area contributed by atoms with E-state index in [0.717, 1.165) is 18.6 Å². The van der Waals surface area contributed by atoms with Gasteiger partial charge in [0.05, 0.1) is 0 Å². The van der Waals surface area contributed by atoms with Gasteiger partial charge in [-0.2, -0.15) is 0 Å². The first kappa shape index (κ1) is 16.1. The Hall–Kier alpha value is -1.26. The first-order valence-corrected chi connectivity index (χ1v) is 7.49. The number of carbonyl (C=O) groups excluding carboxylic acids is 1. The van der Waals surface area contributed by atoms with Gasteiger partial charge in [0, 0.05) is 18.1 Å². The lowest BCUT2D eigenvalue weighted by Crippen LogP contribution is -2.50. The van der Waals surface area contributed by atoms with Gasteiger partial charge in [0.15, 0.2) is 6.10 Å². The first-order valence-electron chi connectivity index (χ1n) is 7.49. The second kappa shape index (κ2) is 7.14. The van der Waals surface area contributed by atoms with Crippen molar-refractivity contribution in [1.82, 2.24) is 10.6 Å². The third-order valence-corrected chi connectivity index (χ3v) is 4.24. The molecule has 3 atom stereocenters. The van der Waals surface area contributed by atoms with Crippen molar-refractivity contribution in [3.05, 3.63) is 30.3 Å². The summed E-state index contributed by atoms with van der Waals surface area (Å²) in [4.78, 5) is 12.2. The molecule has 0 radical (unpaired) electrons. The number of nitrogens with one attached hydrogen (secondary N) is 2. The lowest BCUT2D eigenvalue weighted by atomic mass is 9.99. The summed E-state index contributed by atoms with van der Waals surface area (Å²) in [6.45, 7) is 1.80. The molecule has 2 N–H and O–H groups in total. The summed E-state index contributed by atoms with van der Waals surface area (Å²) < 4.78 is 5.66. The summed E-state index contributed by atoms with van der Waals surface area (Å²) in [6, 6.07) is 11.0. The van der Waals surface area contributed by atoms with Gasteiger partial charge >= 0.3 is 0 Å². The number of piperidine rings is 1. The van der Waals surface area contributed by atoms with E-state index >= 15 is 0 Å². The van der Waals surface area contributed by atoms with Crippen LogP contribution in [0.2, 0.25) is 0 Å². The molecule has 2 bridgehead atoms. The van der Waals surface area contributed by atoms with E-state index in [-0.39, 0.29) is 18.3 Å². The minimum atomic E-state index is -0.454. The number of benzene rings is 1. The molecule has 21 heavy (non-hydrogen) atoms. The molecule has 0 aliphatic carbocycles. The third-order valence-electron chi connectivity index (χ3n) is 4.24. The summed E-state index contributed by atoms with van der Waals surface area (Å²) in [5.74, 6) is 0.723. The highest BCUT2D eigenvalue weighted by atomic mass is 35.5. The Labute approximate surface area is 132 Å². The third kappa shape index (κ3) is 4.11. The normalized spacial score (nSPS) is 28.3. The molecule has 116 valence electrons. The van der Waals surface area contributed by atoms with Gasteiger partial charge in [-0.1, -0.05) is 18.2 Å². The summed E-state index contributed by atoms with van der Waals surface area (Å²) in [5.41, 5.74) is 0.